The number of fused-ring (bicyclic) bond motifs is 9. The Hall–Kier alpha value is -8.40. The molecule has 0 aliphatic carbocycles. The van der Waals surface area contributed by atoms with Crippen molar-refractivity contribution >= 4 is 65.4 Å². The normalized spacial score (nSPS) is 11.9. The van der Waals surface area contributed by atoms with Crippen LogP contribution in [0.3, 0.4) is 0 Å². The molecule has 13 rings (SSSR count). The van der Waals surface area contributed by atoms with Gasteiger partial charge in [-0.05, 0) is 131 Å². The van der Waals surface area contributed by atoms with Crippen LogP contribution in [0.2, 0.25) is 0 Å². The molecule has 0 aliphatic rings. The van der Waals surface area contributed by atoms with E-state index in [-0.39, 0.29) is 0 Å². The van der Waals surface area contributed by atoms with Gasteiger partial charge in [-0.1, -0.05) is 153 Å². The zero-order valence-electron chi connectivity index (χ0n) is 37.6. The summed E-state index contributed by atoms with van der Waals surface area (Å²) in [6.07, 6.45) is 2.02. The monoisotopic (exact) mass is 857 g/mol. The lowest BCUT2D eigenvalue weighted by Crippen LogP contribution is -1.98. The van der Waals surface area contributed by atoms with Crippen LogP contribution in [-0.2, 0) is 12.8 Å². The van der Waals surface area contributed by atoms with E-state index in [9.17, 15) is 0 Å². The molecule has 0 unspecified atom stereocenters. The van der Waals surface area contributed by atoms with Gasteiger partial charge in [0.2, 0.25) is 0 Å². The largest absolute Gasteiger partial charge is 0.309 e. The van der Waals surface area contributed by atoms with E-state index in [1.165, 1.54) is 116 Å². The summed E-state index contributed by atoms with van der Waals surface area (Å²) in [6, 6.07) is 83.2. The summed E-state index contributed by atoms with van der Waals surface area (Å²) in [7, 11) is 0. The number of hydrogen-bond acceptors (Lipinski definition) is 0. The standard InChI is InChI=1S/C64H47N3/c1-3-42-26-34-62-53(38-42)54-39-43(4-2)27-35-63(54)67(62)58-23-13-9-19-50(58)47-31-37-64-56(41-47)52-21-11-15-25-60(52)66(64)57-22-12-8-18-49(57)46-30-36-61-55(40-46)51-20-10-14-24-59(51)65(61)48-32-28-45(29-33-48)44-16-6-5-7-17-44/h5-41H,3-4H2,1-2H3. The topological polar surface area (TPSA) is 14.8 Å². The van der Waals surface area contributed by atoms with Gasteiger partial charge in [-0.3, -0.25) is 0 Å². The fourth-order valence-corrected chi connectivity index (χ4v) is 10.9. The second-order valence-corrected chi connectivity index (χ2v) is 17.9. The highest BCUT2D eigenvalue weighted by Gasteiger charge is 2.21. The van der Waals surface area contributed by atoms with Gasteiger partial charge < -0.3 is 13.7 Å². The highest BCUT2D eigenvalue weighted by Crippen LogP contribution is 2.42. The van der Waals surface area contributed by atoms with Gasteiger partial charge >= 0.3 is 0 Å². The highest BCUT2D eigenvalue weighted by atomic mass is 15.0. The van der Waals surface area contributed by atoms with E-state index in [1.807, 2.05) is 0 Å². The van der Waals surface area contributed by atoms with Crippen molar-refractivity contribution in [1.29, 1.82) is 0 Å². The van der Waals surface area contributed by atoms with Crippen LogP contribution in [0.25, 0.3) is 116 Å². The summed E-state index contributed by atoms with van der Waals surface area (Å²) in [5, 5.41) is 7.58. The Balaban J connectivity index is 0.953. The number of benzene rings is 10. The van der Waals surface area contributed by atoms with Crippen molar-refractivity contribution in [2.75, 3.05) is 0 Å². The fourth-order valence-electron chi connectivity index (χ4n) is 10.9. The van der Waals surface area contributed by atoms with Gasteiger partial charge in [-0.25, -0.2) is 0 Å². The van der Waals surface area contributed by atoms with Crippen molar-refractivity contribution in [2.45, 2.75) is 26.7 Å². The Kier molecular flexibility index (Phi) is 9.11. The quantitative estimate of drug-likeness (QED) is 0.145. The van der Waals surface area contributed by atoms with Gasteiger partial charge in [0.25, 0.3) is 0 Å². The Bertz CT molecular complexity index is 3990. The van der Waals surface area contributed by atoms with Crippen LogP contribution in [-0.4, -0.2) is 13.7 Å². The van der Waals surface area contributed by atoms with Gasteiger partial charge in [-0.2, -0.15) is 0 Å². The SMILES string of the molecule is CCc1ccc2c(c1)c1cc(CC)ccc1n2-c1ccccc1-c1ccc2c(c1)c1ccccc1n2-c1ccccc1-c1ccc2c(c1)c1ccccc1n2-c1ccc(-c2ccccc2)cc1. The minimum absolute atomic E-state index is 1.01. The second-order valence-electron chi connectivity index (χ2n) is 17.9. The summed E-state index contributed by atoms with van der Waals surface area (Å²) in [6.45, 7) is 4.48. The van der Waals surface area contributed by atoms with Crippen molar-refractivity contribution < 1.29 is 0 Å². The van der Waals surface area contributed by atoms with E-state index < -0.39 is 0 Å². The molecule has 10 aromatic carbocycles. The fraction of sp³-hybridized carbons (Fsp3) is 0.0625. The summed E-state index contributed by atoms with van der Waals surface area (Å²) in [4.78, 5) is 0. The van der Waals surface area contributed by atoms with Crippen LogP contribution in [0.4, 0.5) is 0 Å². The molecular formula is C64H47N3. The number of aromatic nitrogens is 3. The lowest BCUT2D eigenvalue weighted by Gasteiger charge is -2.16. The molecule has 0 atom stereocenters. The Morgan fingerprint density at radius 2 is 0.642 bits per heavy atom. The van der Waals surface area contributed by atoms with E-state index in [1.54, 1.807) is 0 Å². The van der Waals surface area contributed by atoms with E-state index >= 15 is 0 Å². The van der Waals surface area contributed by atoms with Crippen molar-refractivity contribution in [1.82, 2.24) is 13.7 Å². The molecule has 0 saturated carbocycles. The van der Waals surface area contributed by atoms with E-state index in [0.29, 0.717) is 0 Å². The first kappa shape index (κ1) is 39.0. The van der Waals surface area contributed by atoms with Crippen LogP contribution < -0.4 is 0 Å². The summed E-state index contributed by atoms with van der Waals surface area (Å²) in [5.74, 6) is 0. The zero-order valence-corrected chi connectivity index (χ0v) is 37.6. The van der Waals surface area contributed by atoms with Gasteiger partial charge in [-0.15, -0.1) is 0 Å². The third-order valence-corrected chi connectivity index (χ3v) is 14.2. The maximum Gasteiger partial charge on any atom is 0.0541 e. The maximum absolute atomic E-state index is 2.48. The molecular weight excluding hydrogens is 811 g/mol. The van der Waals surface area contributed by atoms with Crippen LogP contribution in [0.1, 0.15) is 25.0 Å². The molecule has 3 heterocycles. The van der Waals surface area contributed by atoms with E-state index in [2.05, 4.69) is 252 Å². The second kappa shape index (κ2) is 15.6. The predicted molar refractivity (Wildman–Crippen MR) is 285 cm³/mol. The maximum atomic E-state index is 2.48. The molecule has 0 amide bonds. The number of rotatable bonds is 8. The average Bonchev–Trinajstić information content (AvgIpc) is 4.03. The first-order chi connectivity index (χ1) is 33.1. The smallest absolute Gasteiger partial charge is 0.0541 e. The molecule has 3 heteroatoms. The molecule has 0 bridgehead atoms. The van der Waals surface area contributed by atoms with E-state index in [4.69, 9.17) is 0 Å². The Morgan fingerprint density at radius 3 is 1.16 bits per heavy atom. The van der Waals surface area contributed by atoms with Gasteiger partial charge in [0.1, 0.15) is 0 Å². The molecule has 0 aliphatic heterocycles. The van der Waals surface area contributed by atoms with Crippen LogP contribution in [0.5, 0.6) is 0 Å². The minimum Gasteiger partial charge on any atom is -0.309 e. The molecule has 0 radical (unpaired) electrons. The van der Waals surface area contributed by atoms with Crippen molar-refractivity contribution in [2.24, 2.45) is 0 Å². The minimum atomic E-state index is 1.01. The lowest BCUT2D eigenvalue weighted by molar-refractivity contribution is 1.13. The molecule has 318 valence electrons. The molecule has 0 spiro atoms. The molecule has 0 N–H and O–H groups in total. The Labute approximate surface area is 390 Å². The molecule has 0 fully saturated rings. The number of aryl methyl sites for hydroxylation is 2. The average molecular weight is 858 g/mol. The number of nitrogens with zero attached hydrogens (tertiary/aromatic N) is 3. The third kappa shape index (κ3) is 6.19. The van der Waals surface area contributed by atoms with Gasteiger partial charge in [0.05, 0.1) is 44.5 Å². The van der Waals surface area contributed by atoms with Crippen LogP contribution >= 0.6 is 0 Å². The van der Waals surface area contributed by atoms with Crippen molar-refractivity contribution in [3.63, 3.8) is 0 Å². The highest BCUT2D eigenvalue weighted by molar-refractivity contribution is 6.14. The first-order valence-corrected chi connectivity index (χ1v) is 23.6. The van der Waals surface area contributed by atoms with Gasteiger partial charge in [0, 0.05) is 49.1 Å². The predicted octanol–water partition coefficient (Wildman–Crippen LogP) is 17.1. The molecule has 3 nitrogen and oxygen atoms in total. The summed E-state index contributed by atoms with van der Waals surface area (Å²) in [5.41, 5.74) is 20.7. The van der Waals surface area contributed by atoms with Gasteiger partial charge in [0.15, 0.2) is 0 Å². The zero-order chi connectivity index (χ0) is 44.6. The lowest BCUT2D eigenvalue weighted by atomic mass is 10.00. The summed E-state index contributed by atoms with van der Waals surface area (Å²) >= 11 is 0. The molecule has 0 saturated heterocycles. The number of hydrogen-bond donors (Lipinski definition) is 0. The van der Waals surface area contributed by atoms with Crippen molar-refractivity contribution in [3.05, 3.63) is 236 Å². The molecule has 13 aromatic rings. The van der Waals surface area contributed by atoms with Crippen LogP contribution in [0, 0.1) is 0 Å². The van der Waals surface area contributed by atoms with Crippen molar-refractivity contribution in [3.8, 4) is 50.4 Å². The van der Waals surface area contributed by atoms with E-state index in [0.717, 1.165) is 24.2 Å². The molecule has 67 heavy (non-hydrogen) atoms. The first-order valence-electron chi connectivity index (χ1n) is 23.6. The summed E-state index contributed by atoms with van der Waals surface area (Å²) < 4.78 is 7.36. The number of para-hydroxylation sites is 4. The third-order valence-electron chi connectivity index (χ3n) is 14.2. The Morgan fingerprint density at radius 1 is 0.269 bits per heavy atom. The molecule has 3 aromatic heterocycles. The van der Waals surface area contributed by atoms with Crippen LogP contribution in [0.15, 0.2) is 224 Å².